The Bertz CT molecular complexity index is 977. The summed E-state index contributed by atoms with van der Waals surface area (Å²) in [4.78, 5) is 28.5. The maximum Gasteiger partial charge on any atom is 0.332 e. The lowest BCUT2D eigenvalue weighted by molar-refractivity contribution is 0.427. The number of benzene rings is 1. The average Bonchev–Trinajstić information content (AvgIpc) is 2.82. The Morgan fingerprint density at radius 2 is 1.59 bits per heavy atom. The largest absolute Gasteiger partial charge is 0.425 e. The molecule has 114 valence electrons. The molecule has 0 unspecified atom stereocenters. The zero-order valence-corrected chi connectivity index (χ0v) is 12.8. The SMILES string of the molecule is Cc1ccc(Oc2nc3c(c(=O)n(C)c(=O)n3C)n2C)cc1. The zero-order valence-electron chi connectivity index (χ0n) is 12.8. The first-order valence-corrected chi connectivity index (χ1v) is 6.77. The van der Waals surface area contributed by atoms with E-state index in [1.807, 2.05) is 31.2 Å². The molecule has 0 aliphatic heterocycles. The minimum absolute atomic E-state index is 0.261. The Labute approximate surface area is 126 Å². The lowest BCUT2D eigenvalue weighted by Gasteiger charge is -2.05. The van der Waals surface area contributed by atoms with Gasteiger partial charge in [-0.25, -0.2) is 4.79 Å². The summed E-state index contributed by atoms with van der Waals surface area (Å²) in [5.41, 5.74) is 0.933. The second-order valence-corrected chi connectivity index (χ2v) is 5.25. The molecule has 0 fully saturated rings. The van der Waals surface area contributed by atoms with Gasteiger partial charge in [0, 0.05) is 21.1 Å². The number of nitrogens with zero attached hydrogens (tertiary/aromatic N) is 4. The van der Waals surface area contributed by atoms with Crippen molar-refractivity contribution >= 4 is 11.2 Å². The molecule has 7 heteroatoms. The topological polar surface area (TPSA) is 71.1 Å². The molecule has 0 saturated carbocycles. The predicted molar refractivity (Wildman–Crippen MR) is 82.4 cm³/mol. The fourth-order valence-electron chi connectivity index (χ4n) is 2.30. The normalized spacial score (nSPS) is 11.1. The Balaban J connectivity index is 2.20. The van der Waals surface area contributed by atoms with Crippen LogP contribution in [-0.4, -0.2) is 18.7 Å². The highest BCUT2D eigenvalue weighted by Gasteiger charge is 2.18. The van der Waals surface area contributed by atoms with E-state index in [-0.39, 0.29) is 6.01 Å². The third kappa shape index (κ3) is 2.02. The molecule has 2 aromatic heterocycles. The molecule has 0 N–H and O–H groups in total. The lowest BCUT2D eigenvalue weighted by atomic mass is 10.2. The van der Waals surface area contributed by atoms with E-state index in [1.54, 1.807) is 18.7 Å². The van der Waals surface area contributed by atoms with Crippen LogP contribution in [0.2, 0.25) is 0 Å². The number of imidazole rings is 1. The van der Waals surface area contributed by atoms with Gasteiger partial charge in [-0.15, -0.1) is 0 Å². The number of hydrogen-bond acceptors (Lipinski definition) is 4. The third-order valence-electron chi connectivity index (χ3n) is 3.66. The molecule has 2 heterocycles. The van der Waals surface area contributed by atoms with Gasteiger partial charge >= 0.3 is 11.7 Å². The molecule has 0 spiro atoms. The van der Waals surface area contributed by atoms with Gasteiger partial charge in [0.1, 0.15) is 5.75 Å². The van der Waals surface area contributed by atoms with Crippen LogP contribution in [0.1, 0.15) is 5.56 Å². The summed E-state index contributed by atoms with van der Waals surface area (Å²) in [7, 11) is 4.70. The first-order chi connectivity index (χ1) is 10.4. The standard InChI is InChI=1S/C15H16N4O3/c1-9-5-7-10(8-6-9)22-14-16-12-11(17(14)2)13(20)19(4)15(21)18(12)3/h5-8H,1-4H3. The number of ether oxygens (including phenoxy) is 1. The number of rotatable bonds is 2. The summed E-state index contributed by atoms with van der Waals surface area (Å²) < 4.78 is 9.67. The minimum atomic E-state index is -0.419. The van der Waals surface area contributed by atoms with Crippen molar-refractivity contribution in [1.82, 2.24) is 18.7 Å². The summed E-state index contributed by atoms with van der Waals surface area (Å²) in [6, 6.07) is 7.76. The van der Waals surface area contributed by atoms with Crippen molar-refractivity contribution in [3.8, 4) is 11.8 Å². The van der Waals surface area contributed by atoms with E-state index >= 15 is 0 Å². The zero-order chi connectivity index (χ0) is 16.0. The van der Waals surface area contributed by atoms with Crippen molar-refractivity contribution in [2.75, 3.05) is 0 Å². The minimum Gasteiger partial charge on any atom is -0.425 e. The van der Waals surface area contributed by atoms with Crippen LogP contribution in [0.15, 0.2) is 33.9 Å². The molecule has 0 amide bonds. The van der Waals surface area contributed by atoms with E-state index < -0.39 is 11.2 Å². The molecule has 0 saturated heterocycles. The van der Waals surface area contributed by atoms with Gasteiger partial charge in [0.25, 0.3) is 5.56 Å². The molecule has 0 radical (unpaired) electrons. The molecule has 0 aliphatic rings. The smallest absolute Gasteiger partial charge is 0.332 e. The van der Waals surface area contributed by atoms with Crippen LogP contribution in [0, 0.1) is 6.92 Å². The monoisotopic (exact) mass is 300 g/mol. The van der Waals surface area contributed by atoms with Gasteiger partial charge in [-0.3, -0.25) is 18.5 Å². The van der Waals surface area contributed by atoms with Crippen molar-refractivity contribution in [1.29, 1.82) is 0 Å². The number of hydrogen-bond donors (Lipinski definition) is 0. The number of fused-ring (bicyclic) bond motifs is 1. The van der Waals surface area contributed by atoms with E-state index in [9.17, 15) is 9.59 Å². The first kappa shape index (κ1) is 14.1. The van der Waals surface area contributed by atoms with Gasteiger partial charge in [-0.05, 0) is 19.1 Å². The van der Waals surface area contributed by atoms with Gasteiger partial charge in [0.2, 0.25) is 0 Å². The number of aromatic nitrogens is 4. The molecule has 1 aromatic carbocycles. The Morgan fingerprint density at radius 1 is 0.955 bits per heavy atom. The van der Waals surface area contributed by atoms with Crippen molar-refractivity contribution in [3.05, 3.63) is 50.7 Å². The van der Waals surface area contributed by atoms with Crippen molar-refractivity contribution < 1.29 is 4.74 Å². The van der Waals surface area contributed by atoms with Crippen LogP contribution in [0.3, 0.4) is 0 Å². The maximum absolute atomic E-state index is 12.3. The summed E-state index contributed by atoms with van der Waals surface area (Å²) in [5.74, 6) is 0.617. The van der Waals surface area contributed by atoms with E-state index in [4.69, 9.17) is 4.74 Å². The molecule has 0 atom stereocenters. The highest BCUT2D eigenvalue weighted by molar-refractivity contribution is 5.71. The molecule has 22 heavy (non-hydrogen) atoms. The van der Waals surface area contributed by atoms with Crippen LogP contribution in [0.5, 0.6) is 11.8 Å². The Hall–Kier alpha value is -2.83. The molecule has 3 aromatic rings. The highest BCUT2D eigenvalue weighted by atomic mass is 16.5. The molecule has 7 nitrogen and oxygen atoms in total. The van der Waals surface area contributed by atoms with Crippen LogP contribution < -0.4 is 16.0 Å². The average molecular weight is 300 g/mol. The van der Waals surface area contributed by atoms with E-state index in [0.29, 0.717) is 16.9 Å². The van der Waals surface area contributed by atoms with Crippen LogP contribution in [0.4, 0.5) is 0 Å². The summed E-state index contributed by atoms with van der Waals surface area (Å²) in [6.07, 6.45) is 0. The van der Waals surface area contributed by atoms with Crippen LogP contribution in [-0.2, 0) is 21.1 Å². The van der Waals surface area contributed by atoms with Crippen molar-refractivity contribution in [2.24, 2.45) is 21.1 Å². The fraction of sp³-hybridized carbons (Fsp3) is 0.267. The van der Waals surface area contributed by atoms with Gasteiger partial charge in [0.05, 0.1) is 0 Å². The van der Waals surface area contributed by atoms with Gasteiger partial charge in [0.15, 0.2) is 11.2 Å². The van der Waals surface area contributed by atoms with Gasteiger partial charge < -0.3 is 4.74 Å². The van der Waals surface area contributed by atoms with Crippen LogP contribution >= 0.6 is 0 Å². The van der Waals surface area contributed by atoms with Crippen molar-refractivity contribution in [3.63, 3.8) is 0 Å². The molecule has 0 bridgehead atoms. The number of aryl methyl sites for hydroxylation is 3. The quantitative estimate of drug-likeness (QED) is 0.710. The van der Waals surface area contributed by atoms with E-state index in [1.165, 1.54) is 11.6 Å². The molecule has 3 rings (SSSR count). The summed E-state index contributed by atoms with van der Waals surface area (Å²) in [5, 5.41) is 0. The highest BCUT2D eigenvalue weighted by Crippen LogP contribution is 2.22. The Kier molecular flexibility index (Phi) is 3.13. The second kappa shape index (κ2) is 4.87. The van der Waals surface area contributed by atoms with E-state index in [2.05, 4.69) is 4.98 Å². The third-order valence-corrected chi connectivity index (χ3v) is 3.66. The predicted octanol–water partition coefficient (Wildman–Crippen LogP) is 1.07. The maximum atomic E-state index is 12.3. The second-order valence-electron chi connectivity index (χ2n) is 5.25. The van der Waals surface area contributed by atoms with E-state index in [0.717, 1.165) is 10.1 Å². The Morgan fingerprint density at radius 3 is 2.23 bits per heavy atom. The molecular formula is C15H16N4O3. The first-order valence-electron chi connectivity index (χ1n) is 6.77. The molecular weight excluding hydrogens is 284 g/mol. The lowest BCUT2D eigenvalue weighted by Crippen LogP contribution is -2.37. The molecule has 0 aliphatic carbocycles. The summed E-state index contributed by atoms with van der Waals surface area (Å²) in [6.45, 7) is 1.98. The van der Waals surface area contributed by atoms with Gasteiger partial charge in [-0.1, -0.05) is 17.7 Å². The van der Waals surface area contributed by atoms with Crippen molar-refractivity contribution in [2.45, 2.75) is 6.92 Å². The van der Waals surface area contributed by atoms with Gasteiger partial charge in [-0.2, -0.15) is 4.98 Å². The fourth-order valence-corrected chi connectivity index (χ4v) is 2.30. The van der Waals surface area contributed by atoms with Crippen LogP contribution in [0.25, 0.3) is 11.2 Å². The summed E-state index contributed by atoms with van der Waals surface area (Å²) >= 11 is 0.